The van der Waals surface area contributed by atoms with Crippen molar-refractivity contribution >= 4 is 5.78 Å². The molecule has 1 heterocycles. The SMILES string of the molecule is CC1=C[C@]23CC[C@H]4C(C)(C)CCC[C@@]4(C2=CC1=O)[C@H](O)O3. The lowest BCUT2D eigenvalue weighted by Crippen LogP contribution is -2.52. The number of aliphatic hydroxyl groups is 1. The Morgan fingerprint density at radius 1 is 1.29 bits per heavy atom. The highest BCUT2D eigenvalue weighted by Gasteiger charge is 2.68. The van der Waals surface area contributed by atoms with Gasteiger partial charge in [-0.25, -0.2) is 0 Å². The fourth-order valence-corrected chi connectivity index (χ4v) is 5.70. The zero-order valence-electron chi connectivity index (χ0n) is 13.1. The summed E-state index contributed by atoms with van der Waals surface area (Å²) >= 11 is 0. The summed E-state index contributed by atoms with van der Waals surface area (Å²) in [6.07, 6.45) is 8.17. The first-order valence-electron chi connectivity index (χ1n) is 8.14. The van der Waals surface area contributed by atoms with Gasteiger partial charge in [0.2, 0.25) is 0 Å². The number of hydrogen-bond donors (Lipinski definition) is 1. The Morgan fingerprint density at radius 3 is 2.81 bits per heavy atom. The van der Waals surface area contributed by atoms with E-state index in [1.54, 1.807) is 6.08 Å². The second kappa shape index (κ2) is 3.88. The van der Waals surface area contributed by atoms with E-state index in [0.717, 1.165) is 36.8 Å². The van der Waals surface area contributed by atoms with Crippen molar-refractivity contribution < 1.29 is 14.6 Å². The summed E-state index contributed by atoms with van der Waals surface area (Å²) in [7, 11) is 0. The second-order valence-electron chi connectivity index (χ2n) is 8.08. The molecule has 0 unspecified atom stereocenters. The number of rotatable bonds is 0. The Bertz CT molecular complexity index is 585. The maximum atomic E-state index is 12.2. The van der Waals surface area contributed by atoms with E-state index >= 15 is 0 Å². The number of ether oxygens (including phenoxy) is 1. The predicted octanol–water partition coefficient (Wildman–Crippen LogP) is 3.14. The lowest BCUT2D eigenvalue weighted by atomic mass is 9.47. The van der Waals surface area contributed by atoms with Crippen LogP contribution < -0.4 is 0 Å². The van der Waals surface area contributed by atoms with Crippen molar-refractivity contribution in [1.82, 2.24) is 0 Å². The summed E-state index contributed by atoms with van der Waals surface area (Å²) in [5, 5.41) is 10.8. The van der Waals surface area contributed by atoms with Crippen molar-refractivity contribution in [3.8, 4) is 0 Å². The van der Waals surface area contributed by atoms with Crippen LogP contribution in [-0.2, 0) is 9.53 Å². The Kier molecular flexibility index (Phi) is 2.53. The number of aliphatic hydroxyl groups excluding tert-OH is 1. The van der Waals surface area contributed by atoms with Crippen LogP contribution in [-0.4, -0.2) is 22.8 Å². The average Bonchev–Trinajstić information content (AvgIpc) is 2.52. The number of ketones is 1. The zero-order chi connectivity index (χ0) is 15.0. The normalized spacial score (nSPS) is 47.3. The van der Waals surface area contributed by atoms with Crippen LogP contribution >= 0.6 is 0 Å². The molecule has 0 radical (unpaired) electrons. The van der Waals surface area contributed by atoms with E-state index in [1.807, 2.05) is 13.0 Å². The molecule has 1 saturated heterocycles. The number of carbonyl (C=O) groups excluding carboxylic acids is 1. The van der Waals surface area contributed by atoms with Crippen LogP contribution in [0.2, 0.25) is 0 Å². The molecular weight excluding hydrogens is 264 g/mol. The zero-order valence-corrected chi connectivity index (χ0v) is 13.1. The molecule has 21 heavy (non-hydrogen) atoms. The van der Waals surface area contributed by atoms with E-state index in [2.05, 4.69) is 13.8 Å². The van der Waals surface area contributed by atoms with E-state index < -0.39 is 11.9 Å². The van der Waals surface area contributed by atoms with E-state index in [9.17, 15) is 9.90 Å². The Morgan fingerprint density at radius 2 is 2.05 bits per heavy atom. The van der Waals surface area contributed by atoms with Crippen molar-refractivity contribution in [3.63, 3.8) is 0 Å². The van der Waals surface area contributed by atoms with E-state index in [-0.39, 0.29) is 16.6 Å². The molecule has 4 atom stereocenters. The van der Waals surface area contributed by atoms with E-state index in [1.165, 1.54) is 6.42 Å². The van der Waals surface area contributed by atoms with Gasteiger partial charge in [0.15, 0.2) is 12.1 Å². The molecule has 3 fully saturated rings. The van der Waals surface area contributed by atoms with Crippen LogP contribution in [0.25, 0.3) is 0 Å². The van der Waals surface area contributed by atoms with Gasteiger partial charge in [-0.3, -0.25) is 4.79 Å². The Labute approximate surface area is 126 Å². The number of allylic oxidation sites excluding steroid dienone is 2. The Hall–Kier alpha value is -0.930. The van der Waals surface area contributed by atoms with Crippen molar-refractivity contribution in [3.05, 3.63) is 23.3 Å². The first-order valence-corrected chi connectivity index (χ1v) is 8.14. The summed E-state index contributed by atoms with van der Waals surface area (Å²) < 4.78 is 6.11. The topological polar surface area (TPSA) is 46.5 Å². The van der Waals surface area contributed by atoms with Gasteiger partial charge in [0.25, 0.3) is 0 Å². The summed E-state index contributed by atoms with van der Waals surface area (Å²) in [5.74, 6) is 0.483. The molecule has 1 N–H and O–H groups in total. The van der Waals surface area contributed by atoms with Gasteiger partial charge in [0, 0.05) is 5.41 Å². The minimum Gasteiger partial charge on any atom is -0.367 e. The fraction of sp³-hybridized carbons (Fsp3) is 0.722. The molecule has 0 aromatic heterocycles. The summed E-state index contributed by atoms with van der Waals surface area (Å²) in [5.41, 5.74) is 1.16. The van der Waals surface area contributed by atoms with Gasteiger partial charge in [-0.1, -0.05) is 20.3 Å². The standard InChI is InChI=1S/C18H24O3/c1-11-10-17-8-5-13-16(2,3)6-4-7-18(13,15(20)21-17)14(17)9-12(11)19/h9-10,13,15,20H,4-8H2,1-3H3/t13-,15+,17+,18+/m0/s1. The lowest BCUT2D eigenvalue weighted by molar-refractivity contribution is -0.170. The number of hydrogen-bond acceptors (Lipinski definition) is 3. The quantitative estimate of drug-likeness (QED) is 0.745. The summed E-state index contributed by atoms with van der Waals surface area (Å²) in [6, 6.07) is 0. The maximum absolute atomic E-state index is 12.2. The lowest BCUT2D eigenvalue weighted by Gasteiger charge is -2.55. The molecule has 3 aliphatic carbocycles. The first kappa shape index (κ1) is 13.7. The molecule has 3 nitrogen and oxygen atoms in total. The van der Waals surface area contributed by atoms with E-state index in [0.29, 0.717) is 5.92 Å². The molecule has 2 saturated carbocycles. The molecular formula is C18H24O3. The predicted molar refractivity (Wildman–Crippen MR) is 79.5 cm³/mol. The largest absolute Gasteiger partial charge is 0.367 e. The third-order valence-corrected chi connectivity index (χ3v) is 6.61. The molecule has 4 aliphatic rings. The molecule has 0 amide bonds. The summed E-state index contributed by atoms with van der Waals surface area (Å²) in [4.78, 5) is 12.2. The molecule has 0 aromatic carbocycles. The first-order chi connectivity index (χ1) is 9.82. The number of carbonyl (C=O) groups is 1. The summed E-state index contributed by atoms with van der Waals surface area (Å²) in [6.45, 7) is 6.47. The molecule has 1 spiro atoms. The third kappa shape index (κ3) is 1.49. The van der Waals surface area contributed by atoms with Crippen molar-refractivity contribution in [2.24, 2.45) is 16.7 Å². The van der Waals surface area contributed by atoms with Gasteiger partial charge in [-0.15, -0.1) is 0 Å². The monoisotopic (exact) mass is 288 g/mol. The van der Waals surface area contributed by atoms with Crippen molar-refractivity contribution in [2.75, 3.05) is 0 Å². The van der Waals surface area contributed by atoms with E-state index in [4.69, 9.17) is 4.74 Å². The fourth-order valence-electron chi connectivity index (χ4n) is 5.70. The molecule has 3 heteroatoms. The highest BCUT2D eigenvalue weighted by atomic mass is 16.6. The van der Waals surface area contributed by atoms with Crippen LogP contribution in [0.5, 0.6) is 0 Å². The molecule has 0 aromatic rings. The minimum atomic E-state index is -0.772. The van der Waals surface area contributed by atoms with Gasteiger partial charge < -0.3 is 9.84 Å². The van der Waals surface area contributed by atoms with Crippen LogP contribution in [0, 0.1) is 16.7 Å². The van der Waals surface area contributed by atoms with Gasteiger partial charge >= 0.3 is 0 Å². The highest BCUT2D eigenvalue weighted by Crippen LogP contribution is 2.69. The molecule has 2 bridgehead atoms. The van der Waals surface area contributed by atoms with Gasteiger partial charge in [-0.05, 0) is 67.2 Å². The second-order valence-corrected chi connectivity index (χ2v) is 8.08. The third-order valence-electron chi connectivity index (χ3n) is 6.61. The van der Waals surface area contributed by atoms with Crippen LogP contribution in [0.15, 0.2) is 23.3 Å². The van der Waals surface area contributed by atoms with Crippen molar-refractivity contribution in [1.29, 1.82) is 0 Å². The van der Waals surface area contributed by atoms with Crippen LogP contribution in [0.4, 0.5) is 0 Å². The smallest absolute Gasteiger partial charge is 0.181 e. The van der Waals surface area contributed by atoms with Crippen molar-refractivity contribution in [2.45, 2.75) is 64.8 Å². The van der Waals surface area contributed by atoms with Gasteiger partial charge in [0.1, 0.15) is 5.60 Å². The van der Waals surface area contributed by atoms with Crippen LogP contribution in [0.3, 0.4) is 0 Å². The molecule has 4 rings (SSSR count). The maximum Gasteiger partial charge on any atom is 0.181 e. The van der Waals surface area contributed by atoms with Crippen LogP contribution in [0.1, 0.15) is 52.9 Å². The minimum absolute atomic E-state index is 0.0849. The highest BCUT2D eigenvalue weighted by molar-refractivity contribution is 6.06. The molecule has 1 aliphatic heterocycles. The van der Waals surface area contributed by atoms with Gasteiger partial charge in [0.05, 0.1) is 0 Å². The molecule has 114 valence electrons. The average molecular weight is 288 g/mol. The Balaban J connectivity index is 1.92. The van der Waals surface area contributed by atoms with Gasteiger partial charge in [-0.2, -0.15) is 0 Å².